The number of benzene rings is 1. The standard InChI is InChI=1S/C15H23NO2/c1-17-15-6-2-5-13(11-15)12-16-9-3-7-14-8-4-10-18-14/h2,5-6,11,14,16H,3-4,7-10,12H2,1H3. The van der Waals surface area contributed by atoms with Crippen molar-refractivity contribution in [2.24, 2.45) is 0 Å². The molecule has 1 aromatic rings. The second kappa shape index (κ2) is 7.39. The van der Waals surface area contributed by atoms with Gasteiger partial charge in [0, 0.05) is 13.2 Å². The SMILES string of the molecule is COc1cccc(CNCCCC2CCCO2)c1. The minimum absolute atomic E-state index is 0.517. The van der Waals surface area contributed by atoms with E-state index in [1.807, 2.05) is 12.1 Å². The summed E-state index contributed by atoms with van der Waals surface area (Å²) in [5.74, 6) is 0.925. The summed E-state index contributed by atoms with van der Waals surface area (Å²) in [5.41, 5.74) is 1.27. The average molecular weight is 249 g/mol. The van der Waals surface area contributed by atoms with Gasteiger partial charge in [-0.1, -0.05) is 12.1 Å². The van der Waals surface area contributed by atoms with E-state index in [1.165, 1.54) is 31.2 Å². The zero-order valence-corrected chi connectivity index (χ0v) is 11.2. The molecular weight excluding hydrogens is 226 g/mol. The van der Waals surface area contributed by atoms with Crippen LogP contribution >= 0.6 is 0 Å². The summed E-state index contributed by atoms with van der Waals surface area (Å²) in [4.78, 5) is 0. The van der Waals surface area contributed by atoms with Crippen LogP contribution in [-0.4, -0.2) is 26.4 Å². The Morgan fingerprint density at radius 1 is 1.44 bits per heavy atom. The van der Waals surface area contributed by atoms with Gasteiger partial charge < -0.3 is 14.8 Å². The maximum Gasteiger partial charge on any atom is 0.119 e. The molecule has 1 aliphatic heterocycles. The van der Waals surface area contributed by atoms with E-state index in [9.17, 15) is 0 Å². The summed E-state index contributed by atoms with van der Waals surface area (Å²) in [5, 5.41) is 3.47. The van der Waals surface area contributed by atoms with Crippen LogP contribution in [0.1, 0.15) is 31.2 Å². The van der Waals surface area contributed by atoms with Crippen molar-refractivity contribution in [2.45, 2.75) is 38.3 Å². The van der Waals surface area contributed by atoms with E-state index < -0.39 is 0 Å². The molecule has 1 aliphatic rings. The van der Waals surface area contributed by atoms with E-state index >= 15 is 0 Å². The Morgan fingerprint density at radius 3 is 3.17 bits per heavy atom. The number of ether oxygens (including phenoxy) is 2. The molecule has 3 nitrogen and oxygen atoms in total. The van der Waals surface area contributed by atoms with Gasteiger partial charge in [-0.05, 0) is 49.9 Å². The lowest BCUT2D eigenvalue weighted by molar-refractivity contribution is 0.102. The predicted octanol–water partition coefficient (Wildman–Crippen LogP) is 2.74. The van der Waals surface area contributed by atoms with E-state index in [0.29, 0.717) is 6.10 Å². The minimum atomic E-state index is 0.517. The molecule has 1 heterocycles. The van der Waals surface area contributed by atoms with Crippen LogP contribution in [0.25, 0.3) is 0 Å². The van der Waals surface area contributed by atoms with Gasteiger partial charge >= 0.3 is 0 Å². The summed E-state index contributed by atoms with van der Waals surface area (Å²) in [6.07, 6.45) is 5.38. The van der Waals surface area contributed by atoms with Gasteiger partial charge in [-0.15, -0.1) is 0 Å². The van der Waals surface area contributed by atoms with Crippen molar-refractivity contribution in [3.8, 4) is 5.75 Å². The molecule has 0 saturated carbocycles. The van der Waals surface area contributed by atoms with Crippen LogP contribution in [0.15, 0.2) is 24.3 Å². The second-order valence-corrected chi connectivity index (χ2v) is 4.81. The molecule has 0 amide bonds. The van der Waals surface area contributed by atoms with Crippen LogP contribution in [-0.2, 0) is 11.3 Å². The molecule has 0 bridgehead atoms. The van der Waals surface area contributed by atoms with Gasteiger partial charge in [0.05, 0.1) is 13.2 Å². The van der Waals surface area contributed by atoms with E-state index in [4.69, 9.17) is 9.47 Å². The van der Waals surface area contributed by atoms with E-state index in [-0.39, 0.29) is 0 Å². The van der Waals surface area contributed by atoms with Gasteiger partial charge in [-0.3, -0.25) is 0 Å². The smallest absolute Gasteiger partial charge is 0.119 e. The molecule has 18 heavy (non-hydrogen) atoms. The van der Waals surface area contributed by atoms with Crippen LogP contribution in [0, 0.1) is 0 Å². The molecular formula is C15H23NO2. The summed E-state index contributed by atoms with van der Waals surface area (Å²) >= 11 is 0. The molecule has 2 rings (SSSR count). The monoisotopic (exact) mass is 249 g/mol. The van der Waals surface area contributed by atoms with Crippen LogP contribution in [0.4, 0.5) is 0 Å². The number of rotatable bonds is 7. The maximum atomic E-state index is 5.60. The summed E-state index contributed by atoms with van der Waals surface area (Å²) in [6, 6.07) is 8.20. The quantitative estimate of drug-likeness (QED) is 0.754. The fraction of sp³-hybridized carbons (Fsp3) is 0.600. The van der Waals surface area contributed by atoms with Gasteiger partial charge in [0.15, 0.2) is 0 Å². The Bertz CT molecular complexity index is 348. The van der Waals surface area contributed by atoms with Crippen molar-refractivity contribution in [1.82, 2.24) is 5.32 Å². The molecule has 0 aliphatic carbocycles. The highest BCUT2D eigenvalue weighted by molar-refractivity contribution is 5.28. The summed E-state index contributed by atoms with van der Waals surface area (Å²) in [7, 11) is 1.70. The van der Waals surface area contributed by atoms with Gasteiger partial charge in [0.2, 0.25) is 0 Å². The molecule has 1 aromatic carbocycles. The highest BCUT2D eigenvalue weighted by Crippen LogP contribution is 2.16. The lowest BCUT2D eigenvalue weighted by Gasteiger charge is -2.10. The first-order chi connectivity index (χ1) is 8.88. The lowest BCUT2D eigenvalue weighted by atomic mass is 10.1. The second-order valence-electron chi connectivity index (χ2n) is 4.81. The number of nitrogens with one attached hydrogen (secondary N) is 1. The Balaban J connectivity index is 1.59. The first-order valence-corrected chi connectivity index (χ1v) is 6.84. The third-order valence-electron chi connectivity index (χ3n) is 3.37. The number of hydrogen-bond acceptors (Lipinski definition) is 3. The average Bonchev–Trinajstić information content (AvgIpc) is 2.92. The third kappa shape index (κ3) is 4.31. The van der Waals surface area contributed by atoms with Crippen LogP contribution < -0.4 is 10.1 Å². The molecule has 100 valence electrons. The molecule has 1 unspecified atom stereocenters. The Kier molecular flexibility index (Phi) is 5.49. The zero-order chi connectivity index (χ0) is 12.6. The first-order valence-electron chi connectivity index (χ1n) is 6.84. The van der Waals surface area contributed by atoms with Crippen LogP contribution in [0.3, 0.4) is 0 Å². The molecule has 0 radical (unpaired) electrons. The fourth-order valence-corrected chi connectivity index (χ4v) is 2.34. The van der Waals surface area contributed by atoms with Gasteiger partial charge in [-0.2, -0.15) is 0 Å². The first kappa shape index (κ1) is 13.4. The van der Waals surface area contributed by atoms with E-state index in [2.05, 4.69) is 17.4 Å². The maximum absolute atomic E-state index is 5.60. The molecule has 1 N–H and O–H groups in total. The third-order valence-corrected chi connectivity index (χ3v) is 3.37. The minimum Gasteiger partial charge on any atom is -0.497 e. The Morgan fingerprint density at radius 2 is 2.39 bits per heavy atom. The van der Waals surface area contributed by atoms with Crippen molar-refractivity contribution in [3.05, 3.63) is 29.8 Å². The number of methoxy groups -OCH3 is 1. The molecule has 0 spiro atoms. The normalized spacial score (nSPS) is 19.1. The number of hydrogen-bond donors (Lipinski definition) is 1. The van der Waals surface area contributed by atoms with Crippen molar-refractivity contribution in [2.75, 3.05) is 20.3 Å². The molecule has 1 fully saturated rings. The highest BCUT2D eigenvalue weighted by Gasteiger charge is 2.14. The molecule has 0 aromatic heterocycles. The zero-order valence-electron chi connectivity index (χ0n) is 11.2. The molecule has 1 atom stereocenters. The van der Waals surface area contributed by atoms with Gasteiger partial charge in [0.1, 0.15) is 5.75 Å². The summed E-state index contributed by atoms with van der Waals surface area (Å²) in [6.45, 7) is 2.92. The van der Waals surface area contributed by atoms with Gasteiger partial charge in [-0.25, -0.2) is 0 Å². The van der Waals surface area contributed by atoms with Crippen molar-refractivity contribution < 1.29 is 9.47 Å². The Hall–Kier alpha value is -1.06. The van der Waals surface area contributed by atoms with Crippen molar-refractivity contribution in [1.29, 1.82) is 0 Å². The molecule has 1 saturated heterocycles. The van der Waals surface area contributed by atoms with Crippen molar-refractivity contribution >= 4 is 0 Å². The van der Waals surface area contributed by atoms with Gasteiger partial charge in [0.25, 0.3) is 0 Å². The van der Waals surface area contributed by atoms with Crippen molar-refractivity contribution in [3.63, 3.8) is 0 Å². The van der Waals surface area contributed by atoms with Crippen LogP contribution in [0.5, 0.6) is 5.75 Å². The largest absolute Gasteiger partial charge is 0.497 e. The predicted molar refractivity (Wildman–Crippen MR) is 72.9 cm³/mol. The van der Waals surface area contributed by atoms with Crippen LogP contribution in [0.2, 0.25) is 0 Å². The molecule has 3 heteroatoms. The fourth-order valence-electron chi connectivity index (χ4n) is 2.34. The highest BCUT2D eigenvalue weighted by atomic mass is 16.5. The topological polar surface area (TPSA) is 30.5 Å². The summed E-state index contributed by atoms with van der Waals surface area (Å²) < 4.78 is 10.8. The van der Waals surface area contributed by atoms with E-state index in [1.54, 1.807) is 7.11 Å². The lowest BCUT2D eigenvalue weighted by Crippen LogP contribution is -2.16. The van der Waals surface area contributed by atoms with E-state index in [0.717, 1.165) is 25.4 Å². The Labute approximate surface area is 109 Å².